The van der Waals surface area contributed by atoms with Gasteiger partial charge in [0, 0.05) is 17.1 Å². The second kappa shape index (κ2) is 5.58. The normalized spacial score (nSPS) is 10.6. The first kappa shape index (κ1) is 12.5. The lowest BCUT2D eigenvalue weighted by molar-refractivity contribution is -0.143. The second-order valence-corrected chi connectivity index (χ2v) is 3.90. The molecule has 0 amide bonds. The second-order valence-electron chi connectivity index (χ2n) is 3.90. The third-order valence-electron chi connectivity index (χ3n) is 2.66. The Morgan fingerprint density at radius 2 is 2.06 bits per heavy atom. The first-order valence-electron chi connectivity index (χ1n) is 6.12. The highest BCUT2D eigenvalue weighted by molar-refractivity contribution is 5.83. The van der Waals surface area contributed by atoms with Crippen molar-refractivity contribution in [3.63, 3.8) is 0 Å². The zero-order valence-electron chi connectivity index (χ0n) is 10.7. The molecule has 0 radical (unpaired) electrons. The van der Waals surface area contributed by atoms with Crippen LogP contribution >= 0.6 is 0 Å². The molecule has 0 aliphatic carbocycles. The Bertz CT molecular complexity index is 545. The van der Waals surface area contributed by atoms with Gasteiger partial charge in [0.1, 0.15) is 12.3 Å². The van der Waals surface area contributed by atoms with E-state index in [0.717, 1.165) is 16.7 Å². The van der Waals surface area contributed by atoms with Gasteiger partial charge in [0.15, 0.2) is 0 Å². The van der Waals surface area contributed by atoms with E-state index in [1.807, 2.05) is 42.0 Å². The zero-order valence-corrected chi connectivity index (χ0v) is 10.7. The summed E-state index contributed by atoms with van der Waals surface area (Å²) in [5.41, 5.74) is 1.01. The molecule has 0 saturated heterocycles. The van der Waals surface area contributed by atoms with E-state index < -0.39 is 0 Å². The average molecular weight is 247 g/mol. The average Bonchev–Trinajstić information content (AvgIpc) is 2.73. The van der Waals surface area contributed by atoms with Gasteiger partial charge in [0.2, 0.25) is 0 Å². The molecular weight excluding hydrogens is 230 g/mol. The molecule has 2 aromatic rings. The van der Waals surface area contributed by atoms with Gasteiger partial charge in [-0.05, 0) is 38.1 Å². The van der Waals surface area contributed by atoms with Crippen LogP contribution < -0.4 is 4.74 Å². The Kier molecular flexibility index (Phi) is 3.87. The molecule has 0 N–H and O–H groups in total. The Labute approximate surface area is 106 Å². The summed E-state index contributed by atoms with van der Waals surface area (Å²) in [5, 5.41) is 1.06. The number of nitrogens with zero attached hydrogens (tertiary/aromatic N) is 1. The Morgan fingerprint density at radius 3 is 2.78 bits per heavy atom. The molecule has 4 heteroatoms. The van der Waals surface area contributed by atoms with Gasteiger partial charge in [-0.25, -0.2) is 0 Å². The van der Waals surface area contributed by atoms with Crippen LogP contribution in [0.4, 0.5) is 0 Å². The van der Waals surface area contributed by atoms with Crippen molar-refractivity contribution in [1.82, 2.24) is 4.57 Å². The minimum absolute atomic E-state index is 0.219. The molecule has 0 bridgehead atoms. The van der Waals surface area contributed by atoms with E-state index in [0.29, 0.717) is 13.2 Å². The number of carbonyl (C=O) groups is 1. The maximum absolute atomic E-state index is 11.5. The minimum atomic E-state index is -0.219. The van der Waals surface area contributed by atoms with Crippen LogP contribution in [-0.2, 0) is 16.1 Å². The van der Waals surface area contributed by atoms with Crippen molar-refractivity contribution in [2.45, 2.75) is 20.4 Å². The lowest BCUT2D eigenvalue weighted by Crippen LogP contribution is -2.12. The molecule has 0 fully saturated rings. The molecule has 1 heterocycles. The fourth-order valence-corrected chi connectivity index (χ4v) is 1.92. The lowest BCUT2D eigenvalue weighted by Gasteiger charge is -2.06. The molecule has 0 aliphatic rings. The van der Waals surface area contributed by atoms with E-state index in [1.165, 1.54) is 0 Å². The Balaban J connectivity index is 2.23. The van der Waals surface area contributed by atoms with Crippen molar-refractivity contribution >= 4 is 16.9 Å². The van der Waals surface area contributed by atoms with Gasteiger partial charge in [0.05, 0.1) is 13.2 Å². The van der Waals surface area contributed by atoms with Crippen molar-refractivity contribution in [2.24, 2.45) is 0 Å². The standard InChI is InChI=1S/C14H17NO3/c1-3-17-12-5-6-13-11(9-12)7-8-15(13)10-14(16)18-4-2/h5-9H,3-4,10H2,1-2H3. The molecule has 0 unspecified atom stereocenters. The van der Waals surface area contributed by atoms with Crippen LogP contribution in [0.25, 0.3) is 10.9 Å². The van der Waals surface area contributed by atoms with Crippen LogP contribution in [0.3, 0.4) is 0 Å². The van der Waals surface area contributed by atoms with E-state index in [4.69, 9.17) is 9.47 Å². The van der Waals surface area contributed by atoms with E-state index in [9.17, 15) is 4.79 Å². The number of esters is 1. The van der Waals surface area contributed by atoms with Crippen LogP contribution in [0.5, 0.6) is 5.75 Å². The molecule has 18 heavy (non-hydrogen) atoms. The molecule has 0 atom stereocenters. The molecule has 0 spiro atoms. The van der Waals surface area contributed by atoms with Gasteiger partial charge in [-0.15, -0.1) is 0 Å². The summed E-state index contributed by atoms with van der Waals surface area (Å²) in [6, 6.07) is 7.81. The van der Waals surface area contributed by atoms with E-state index in [-0.39, 0.29) is 12.5 Å². The highest BCUT2D eigenvalue weighted by atomic mass is 16.5. The van der Waals surface area contributed by atoms with Gasteiger partial charge in [-0.2, -0.15) is 0 Å². The van der Waals surface area contributed by atoms with E-state index in [1.54, 1.807) is 6.92 Å². The van der Waals surface area contributed by atoms with Gasteiger partial charge < -0.3 is 14.0 Å². The van der Waals surface area contributed by atoms with Crippen molar-refractivity contribution in [1.29, 1.82) is 0 Å². The van der Waals surface area contributed by atoms with Crippen molar-refractivity contribution in [3.05, 3.63) is 30.5 Å². The fourth-order valence-electron chi connectivity index (χ4n) is 1.92. The van der Waals surface area contributed by atoms with Gasteiger partial charge in [-0.1, -0.05) is 0 Å². The summed E-state index contributed by atoms with van der Waals surface area (Å²) in [4.78, 5) is 11.5. The zero-order chi connectivity index (χ0) is 13.0. The maximum atomic E-state index is 11.5. The lowest BCUT2D eigenvalue weighted by atomic mass is 10.2. The van der Waals surface area contributed by atoms with Gasteiger partial charge in [0.25, 0.3) is 0 Å². The molecule has 0 aliphatic heterocycles. The maximum Gasteiger partial charge on any atom is 0.325 e. The predicted molar refractivity (Wildman–Crippen MR) is 69.7 cm³/mol. The monoisotopic (exact) mass is 247 g/mol. The highest BCUT2D eigenvalue weighted by Crippen LogP contribution is 2.22. The van der Waals surface area contributed by atoms with E-state index in [2.05, 4.69) is 0 Å². The number of ether oxygens (including phenoxy) is 2. The van der Waals surface area contributed by atoms with Gasteiger partial charge >= 0.3 is 5.97 Å². The topological polar surface area (TPSA) is 40.5 Å². The van der Waals surface area contributed by atoms with Crippen LogP contribution in [0.1, 0.15) is 13.8 Å². The van der Waals surface area contributed by atoms with Crippen molar-refractivity contribution in [2.75, 3.05) is 13.2 Å². The smallest absolute Gasteiger partial charge is 0.325 e. The summed E-state index contributed by atoms with van der Waals surface area (Å²) < 4.78 is 12.3. The molecular formula is C14H17NO3. The first-order valence-corrected chi connectivity index (χ1v) is 6.12. The molecule has 2 rings (SSSR count). The number of hydrogen-bond donors (Lipinski definition) is 0. The predicted octanol–water partition coefficient (Wildman–Crippen LogP) is 2.60. The minimum Gasteiger partial charge on any atom is -0.494 e. The van der Waals surface area contributed by atoms with E-state index >= 15 is 0 Å². The summed E-state index contributed by atoms with van der Waals surface area (Å²) in [7, 11) is 0. The van der Waals surface area contributed by atoms with Crippen molar-refractivity contribution < 1.29 is 14.3 Å². The van der Waals surface area contributed by atoms with Gasteiger partial charge in [-0.3, -0.25) is 4.79 Å². The molecule has 1 aromatic heterocycles. The van der Waals surface area contributed by atoms with Crippen molar-refractivity contribution in [3.8, 4) is 5.75 Å². The molecule has 1 aromatic carbocycles. The van der Waals surface area contributed by atoms with Crippen LogP contribution in [0.2, 0.25) is 0 Å². The SMILES string of the molecule is CCOC(=O)Cn1ccc2cc(OCC)ccc21. The number of aromatic nitrogens is 1. The third kappa shape index (κ3) is 2.64. The molecule has 0 saturated carbocycles. The fraction of sp³-hybridized carbons (Fsp3) is 0.357. The highest BCUT2D eigenvalue weighted by Gasteiger charge is 2.07. The number of benzene rings is 1. The third-order valence-corrected chi connectivity index (χ3v) is 2.66. The quantitative estimate of drug-likeness (QED) is 0.762. The number of fused-ring (bicyclic) bond motifs is 1. The first-order chi connectivity index (χ1) is 8.74. The van der Waals surface area contributed by atoms with Crippen LogP contribution in [0, 0.1) is 0 Å². The summed E-state index contributed by atoms with van der Waals surface area (Å²) in [5.74, 6) is 0.628. The summed E-state index contributed by atoms with van der Waals surface area (Å²) >= 11 is 0. The molecule has 4 nitrogen and oxygen atoms in total. The Morgan fingerprint density at radius 1 is 1.22 bits per heavy atom. The summed E-state index contributed by atoms with van der Waals surface area (Å²) in [6.07, 6.45) is 1.89. The summed E-state index contributed by atoms with van der Waals surface area (Å²) in [6.45, 7) is 5.06. The Hall–Kier alpha value is -1.97. The number of carbonyl (C=O) groups excluding carboxylic acids is 1. The number of rotatable bonds is 5. The number of hydrogen-bond acceptors (Lipinski definition) is 3. The van der Waals surface area contributed by atoms with Crippen LogP contribution in [0.15, 0.2) is 30.5 Å². The largest absolute Gasteiger partial charge is 0.494 e. The van der Waals surface area contributed by atoms with Crippen LogP contribution in [-0.4, -0.2) is 23.8 Å². The molecule has 96 valence electrons.